The Kier molecular flexibility index (Phi) is 5.28. The fourth-order valence-corrected chi connectivity index (χ4v) is 2.32. The van der Waals surface area contributed by atoms with Crippen LogP contribution in [0.15, 0.2) is 24.3 Å². The molecule has 5 heteroatoms. The highest BCUT2D eigenvalue weighted by Gasteiger charge is 2.29. The second kappa shape index (κ2) is 6.07. The van der Waals surface area contributed by atoms with Crippen molar-refractivity contribution in [2.45, 2.75) is 31.6 Å². The predicted octanol–water partition coefficient (Wildman–Crippen LogP) is 2.39. The average molecular weight is 275 g/mol. The Balaban J connectivity index is 2.79. The van der Waals surface area contributed by atoms with E-state index in [0.717, 1.165) is 5.56 Å². The summed E-state index contributed by atoms with van der Waals surface area (Å²) in [4.78, 5) is 0. The summed E-state index contributed by atoms with van der Waals surface area (Å²) in [5, 5.41) is 0.657. The molecular formula is C12H19ClN2OS. The van der Waals surface area contributed by atoms with Crippen LogP contribution in [0, 0.1) is 0 Å². The lowest BCUT2D eigenvalue weighted by Gasteiger charge is -2.27. The van der Waals surface area contributed by atoms with Gasteiger partial charge in [-0.2, -0.15) is 0 Å². The number of rotatable bonds is 4. The minimum atomic E-state index is -1.15. The van der Waals surface area contributed by atoms with Gasteiger partial charge in [0, 0.05) is 22.9 Å². The van der Waals surface area contributed by atoms with Crippen molar-refractivity contribution >= 4 is 23.0 Å². The van der Waals surface area contributed by atoms with Crippen molar-refractivity contribution in [1.29, 1.82) is 0 Å². The number of nitrogens with one attached hydrogen (secondary N) is 1. The van der Waals surface area contributed by atoms with Crippen molar-refractivity contribution in [2.24, 2.45) is 5.73 Å². The summed E-state index contributed by atoms with van der Waals surface area (Å²) in [7, 11) is 0. The summed E-state index contributed by atoms with van der Waals surface area (Å²) in [6.45, 7) is 6.13. The topological polar surface area (TPSA) is 61.1 Å². The minimum absolute atomic E-state index is 0.145. The zero-order valence-corrected chi connectivity index (χ0v) is 11.9. The van der Waals surface area contributed by atoms with E-state index >= 15 is 0 Å². The molecule has 0 aliphatic carbocycles. The summed E-state index contributed by atoms with van der Waals surface area (Å²) in [5.74, 6) is 0. The normalized spacial score (nSPS) is 15.6. The van der Waals surface area contributed by atoms with E-state index in [2.05, 4.69) is 4.72 Å². The SMILES string of the molecule is CC(C)(C)[S@+]([O-])N[C@H](CN)c1cccc(Cl)c1. The van der Waals surface area contributed by atoms with Gasteiger partial charge in [0.1, 0.15) is 4.75 Å². The molecule has 17 heavy (non-hydrogen) atoms. The van der Waals surface area contributed by atoms with Crippen molar-refractivity contribution in [3.63, 3.8) is 0 Å². The molecule has 0 aromatic heterocycles. The molecule has 1 aromatic rings. The first kappa shape index (κ1) is 14.8. The molecule has 2 atom stereocenters. The fraction of sp³-hybridized carbons (Fsp3) is 0.500. The van der Waals surface area contributed by atoms with Crippen LogP contribution in [0.3, 0.4) is 0 Å². The Morgan fingerprint density at radius 1 is 1.47 bits per heavy atom. The molecule has 0 saturated carbocycles. The van der Waals surface area contributed by atoms with Gasteiger partial charge in [-0.15, -0.1) is 4.72 Å². The highest BCUT2D eigenvalue weighted by atomic mass is 35.5. The molecule has 0 aliphatic heterocycles. The van der Waals surface area contributed by atoms with Gasteiger partial charge in [-0.1, -0.05) is 23.7 Å². The first-order chi connectivity index (χ1) is 7.84. The van der Waals surface area contributed by atoms with Gasteiger partial charge in [0.25, 0.3) is 0 Å². The van der Waals surface area contributed by atoms with Gasteiger partial charge in [-0.3, -0.25) is 0 Å². The average Bonchev–Trinajstić information content (AvgIpc) is 2.24. The van der Waals surface area contributed by atoms with Crippen LogP contribution < -0.4 is 10.5 Å². The summed E-state index contributed by atoms with van der Waals surface area (Å²) >= 11 is 4.78. The smallest absolute Gasteiger partial charge is 0.136 e. The predicted molar refractivity (Wildman–Crippen MR) is 74.3 cm³/mol. The van der Waals surface area contributed by atoms with E-state index in [9.17, 15) is 4.55 Å². The molecule has 96 valence electrons. The second-order valence-electron chi connectivity index (χ2n) is 4.84. The number of hydrogen-bond acceptors (Lipinski definition) is 3. The maximum Gasteiger partial charge on any atom is 0.136 e. The third-order valence-electron chi connectivity index (χ3n) is 2.29. The van der Waals surface area contributed by atoms with Crippen LogP contribution in [-0.2, 0) is 11.4 Å². The van der Waals surface area contributed by atoms with E-state index in [0.29, 0.717) is 11.6 Å². The summed E-state index contributed by atoms with van der Waals surface area (Å²) in [5.41, 5.74) is 6.66. The first-order valence-corrected chi connectivity index (χ1v) is 7.01. The lowest BCUT2D eigenvalue weighted by Crippen LogP contribution is -2.43. The summed E-state index contributed by atoms with van der Waals surface area (Å²) in [6.07, 6.45) is 0. The van der Waals surface area contributed by atoms with Gasteiger partial charge in [0.2, 0.25) is 0 Å². The second-order valence-corrected chi connectivity index (χ2v) is 7.28. The van der Waals surface area contributed by atoms with Crippen LogP contribution in [0.2, 0.25) is 5.02 Å². The standard InChI is InChI=1S/C12H19ClN2OS/c1-12(2,3)17(16)15-11(8-14)9-5-4-6-10(13)7-9/h4-7,11,15H,8,14H2,1-3H3/t11-,17+/m1/s1. The molecule has 0 spiro atoms. The van der Waals surface area contributed by atoms with E-state index in [1.54, 1.807) is 6.07 Å². The Bertz CT molecular complexity index is 368. The van der Waals surface area contributed by atoms with Gasteiger partial charge in [-0.25, -0.2) is 0 Å². The third-order valence-corrected chi connectivity index (χ3v) is 4.14. The van der Waals surface area contributed by atoms with E-state index in [1.807, 2.05) is 39.0 Å². The lowest BCUT2D eigenvalue weighted by atomic mass is 10.1. The maximum atomic E-state index is 12.0. The molecule has 0 heterocycles. The van der Waals surface area contributed by atoms with E-state index in [4.69, 9.17) is 17.3 Å². The largest absolute Gasteiger partial charge is 0.598 e. The Labute approximate surface area is 111 Å². The van der Waals surface area contributed by atoms with Crippen molar-refractivity contribution < 1.29 is 4.55 Å². The molecule has 1 rings (SSSR count). The van der Waals surface area contributed by atoms with Gasteiger partial charge in [0.15, 0.2) is 0 Å². The molecule has 0 amide bonds. The summed E-state index contributed by atoms with van der Waals surface area (Å²) < 4.78 is 14.7. The van der Waals surface area contributed by atoms with Gasteiger partial charge < -0.3 is 10.3 Å². The molecular weight excluding hydrogens is 256 g/mol. The van der Waals surface area contributed by atoms with E-state index in [-0.39, 0.29) is 10.8 Å². The molecule has 1 aromatic carbocycles. The number of nitrogens with two attached hydrogens (primary N) is 1. The van der Waals surface area contributed by atoms with Gasteiger partial charge in [-0.05, 0) is 38.5 Å². The van der Waals surface area contributed by atoms with E-state index in [1.165, 1.54) is 0 Å². The van der Waals surface area contributed by atoms with Gasteiger partial charge >= 0.3 is 0 Å². The zero-order valence-electron chi connectivity index (χ0n) is 10.4. The molecule has 3 nitrogen and oxygen atoms in total. The van der Waals surface area contributed by atoms with Crippen molar-refractivity contribution in [1.82, 2.24) is 4.72 Å². The van der Waals surface area contributed by atoms with Crippen molar-refractivity contribution in [3.8, 4) is 0 Å². The fourth-order valence-electron chi connectivity index (χ4n) is 1.28. The highest BCUT2D eigenvalue weighted by Crippen LogP contribution is 2.21. The molecule has 0 fully saturated rings. The zero-order chi connectivity index (χ0) is 13.1. The molecule has 0 radical (unpaired) electrons. The number of benzene rings is 1. The van der Waals surface area contributed by atoms with Crippen LogP contribution in [0.4, 0.5) is 0 Å². The summed E-state index contributed by atoms with van der Waals surface area (Å²) in [6, 6.07) is 7.29. The van der Waals surface area contributed by atoms with Crippen LogP contribution in [0.1, 0.15) is 32.4 Å². The monoisotopic (exact) mass is 274 g/mol. The quantitative estimate of drug-likeness (QED) is 0.829. The number of hydrogen-bond donors (Lipinski definition) is 2. The molecule has 0 bridgehead atoms. The van der Waals surface area contributed by atoms with E-state index < -0.39 is 11.4 Å². The van der Waals surface area contributed by atoms with Crippen LogP contribution in [0.25, 0.3) is 0 Å². The molecule has 0 unspecified atom stereocenters. The number of halogens is 1. The Morgan fingerprint density at radius 3 is 2.59 bits per heavy atom. The van der Waals surface area contributed by atoms with Crippen molar-refractivity contribution in [2.75, 3.05) is 6.54 Å². The van der Waals surface area contributed by atoms with Crippen LogP contribution in [0.5, 0.6) is 0 Å². The molecule has 0 aliphatic rings. The van der Waals surface area contributed by atoms with Crippen LogP contribution in [-0.4, -0.2) is 15.8 Å². The Morgan fingerprint density at radius 2 is 2.12 bits per heavy atom. The van der Waals surface area contributed by atoms with Gasteiger partial charge in [0.05, 0.1) is 6.04 Å². The Hall–Kier alpha value is -0.260. The first-order valence-electron chi connectivity index (χ1n) is 5.48. The third kappa shape index (κ3) is 4.48. The van der Waals surface area contributed by atoms with Crippen LogP contribution >= 0.6 is 11.6 Å². The molecule has 0 saturated heterocycles. The highest BCUT2D eigenvalue weighted by molar-refractivity contribution is 7.90. The van der Waals surface area contributed by atoms with Crippen molar-refractivity contribution in [3.05, 3.63) is 34.9 Å². The molecule has 3 N–H and O–H groups in total. The minimum Gasteiger partial charge on any atom is -0.598 e. The maximum absolute atomic E-state index is 12.0. The lowest BCUT2D eigenvalue weighted by molar-refractivity contribution is 0.525.